The molecular weight excluding hydrogens is 550 g/mol. The van der Waals surface area contributed by atoms with E-state index in [-0.39, 0.29) is 23.4 Å². The van der Waals surface area contributed by atoms with Crippen molar-refractivity contribution >= 4 is 39.1 Å². The molecule has 0 unspecified atom stereocenters. The van der Waals surface area contributed by atoms with Gasteiger partial charge in [-0.15, -0.1) is 0 Å². The second kappa shape index (κ2) is 14.2. The van der Waals surface area contributed by atoms with Crippen LogP contribution in [0.15, 0.2) is 83.8 Å². The molecular formula is C30H36ClN3O5S. The van der Waals surface area contributed by atoms with Crippen LogP contribution in [0.3, 0.4) is 0 Å². The minimum absolute atomic E-state index is 0.00385. The van der Waals surface area contributed by atoms with Gasteiger partial charge >= 0.3 is 0 Å². The zero-order chi connectivity index (χ0) is 29.3. The first-order valence-corrected chi connectivity index (χ1v) is 15.0. The number of ether oxygens (including phenoxy) is 1. The smallest absolute Gasteiger partial charge is 0.264 e. The Morgan fingerprint density at radius 1 is 0.925 bits per heavy atom. The summed E-state index contributed by atoms with van der Waals surface area (Å²) in [5.74, 6) is -0.334. The normalized spacial score (nSPS) is 12.7. The summed E-state index contributed by atoms with van der Waals surface area (Å²) < 4.78 is 34.0. The van der Waals surface area contributed by atoms with Crippen LogP contribution in [0.1, 0.15) is 39.2 Å². The van der Waals surface area contributed by atoms with Gasteiger partial charge in [-0.05, 0) is 67.8 Å². The van der Waals surface area contributed by atoms with Crippen molar-refractivity contribution in [2.75, 3.05) is 18.0 Å². The number of rotatable bonds is 13. The molecule has 0 radical (unpaired) electrons. The van der Waals surface area contributed by atoms with Crippen LogP contribution in [-0.2, 0) is 26.2 Å². The molecule has 0 saturated carbocycles. The van der Waals surface area contributed by atoms with Gasteiger partial charge in [0, 0.05) is 17.6 Å². The first-order chi connectivity index (χ1) is 19.1. The third-order valence-corrected chi connectivity index (χ3v) is 8.81. The Morgan fingerprint density at radius 2 is 1.55 bits per heavy atom. The van der Waals surface area contributed by atoms with Crippen molar-refractivity contribution in [3.05, 3.63) is 89.4 Å². The standard InChI is InChI=1S/C30H36ClN3O5S/c1-5-22(3)32-30(36)28(6-2)33(20-23-12-10-11-15-27(23)31)29(35)21-34(24-13-8-7-9-14-24)40(37,38)26-18-16-25(39-4)17-19-26/h7-19,22,28H,5-6,20-21H2,1-4H3,(H,32,36)/t22-,28-/m0/s1. The predicted molar refractivity (Wildman–Crippen MR) is 158 cm³/mol. The molecule has 0 aliphatic carbocycles. The van der Waals surface area contributed by atoms with Crippen LogP contribution < -0.4 is 14.4 Å². The Morgan fingerprint density at radius 3 is 2.12 bits per heavy atom. The summed E-state index contributed by atoms with van der Waals surface area (Å²) in [5, 5.41) is 3.41. The van der Waals surface area contributed by atoms with E-state index < -0.39 is 28.5 Å². The summed E-state index contributed by atoms with van der Waals surface area (Å²) >= 11 is 6.43. The van der Waals surface area contributed by atoms with Crippen LogP contribution >= 0.6 is 11.6 Å². The van der Waals surface area contributed by atoms with Crippen molar-refractivity contribution in [2.45, 2.75) is 57.1 Å². The molecule has 10 heteroatoms. The Kier molecular flexibility index (Phi) is 11.0. The second-order valence-electron chi connectivity index (χ2n) is 9.38. The molecule has 3 aromatic rings. The van der Waals surface area contributed by atoms with Gasteiger partial charge < -0.3 is 15.0 Å². The number of hydrogen-bond donors (Lipinski definition) is 1. The number of benzene rings is 3. The Bertz CT molecular complexity index is 1380. The average molecular weight is 586 g/mol. The number of anilines is 1. The molecule has 8 nitrogen and oxygen atoms in total. The van der Waals surface area contributed by atoms with Gasteiger partial charge in [-0.2, -0.15) is 0 Å². The Balaban J connectivity index is 2.04. The number of para-hydroxylation sites is 1. The first kappa shape index (κ1) is 31.0. The summed E-state index contributed by atoms with van der Waals surface area (Å²) in [6.07, 6.45) is 1.05. The number of nitrogens with one attached hydrogen (secondary N) is 1. The lowest BCUT2D eigenvalue weighted by Crippen LogP contribution is -2.53. The number of hydrogen-bond acceptors (Lipinski definition) is 5. The topological polar surface area (TPSA) is 96.0 Å². The van der Waals surface area contributed by atoms with E-state index >= 15 is 0 Å². The lowest BCUT2D eigenvalue weighted by molar-refractivity contribution is -0.140. The SMILES string of the molecule is CC[C@H](C)NC(=O)[C@H](CC)N(Cc1ccccc1Cl)C(=O)CN(c1ccccc1)S(=O)(=O)c1ccc(OC)cc1. The molecule has 0 aliphatic rings. The highest BCUT2D eigenvalue weighted by atomic mass is 35.5. The average Bonchev–Trinajstić information content (AvgIpc) is 2.96. The minimum atomic E-state index is -4.16. The summed E-state index contributed by atoms with van der Waals surface area (Å²) in [6, 6.07) is 20.5. The first-order valence-electron chi connectivity index (χ1n) is 13.2. The zero-order valence-corrected chi connectivity index (χ0v) is 24.8. The van der Waals surface area contributed by atoms with Gasteiger partial charge in [-0.25, -0.2) is 8.42 Å². The van der Waals surface area contributed by atoms with Gasteiger partial charge in [0.2, 0.25) is 11.8 Å². The third-order valence-electron chi connectivity index (χ3n) is 6.66. The molecule has 214 valence electrons. The fourth-order valence-corrected chi connectivity index (χ4v) is 5.78. The highest BCUT2D eigenvalue weighted by Gasteiger charge is 2.34. The summed E-state index contributed by atoms with van der Waals surface area (Å²) in [5.41, 5.74) is 0.970. The van der Waals surface area contributed by atoms with Gasteiger partial charge in [-0.1, -0.05) is 61.8 Å². The van der Waals surface area contributed by atoms with E-state index in [9.17, 15) is 18.0 Å². The van der Waals surface area contributed by atoms with E-state index in [1.54, 1.807) is 66.7 Å². The Hall–Kier alpha value is -3.56. The molecule has 0 fully saturated rings. The van der Waals surface area contributed by atoms with Crippen molar-refractivity contribution in [2.24, 2.45) is 0 Å². The molecule has 2 amide bonds. The number of methoxy groups -OCH3 is 1. The van der Waals surface area contributed by atoms with E-state index in [1.807, 2.05) is 20.8 Å². The molecule has 0 bridgehead atoms. The minimum Gasteiger partial charge on any atom is -0.497 e. The van der Waals surface area contributed by atoms with Crippen molar-refractivity contribution < 1.29 is 22.7 Å². The number of amides is 2. The van der Waals surface area contributed by atoms with Crippen LogP contribution in [0.25, 0.3) is 0 Å². The fraction of sp³-hybridized carbons (Fsp3) is 0.333. The molecule has 0 spiro atoms. The lowest BCUT2D eigenvalue weighted by Gasteiger charge is -2.34. The van der Waals surface area contributed by atoms with Crippen LogP contribution in [0.2, 0.25) is 5.02 Å². The second-order valence-corrected chi connectivity index (χ2v) is 11.6. The number of nitrogens with zero attached hydrogens (tertiary/aromatic N) is 2. The molecule has 1 N–H and O–H groups in total. The number of carbonyl (C=O) groups excluding carboxylic acids is 2. The van der Waals surface area contributed by atoms with Crippen LogP contribution in [0, 0.1) is 0 Å². The molecule has 3 aromatic carbocycles. The molecule has 0 aromatic heterocycles. The molecule has 40 heavy (non-hydrogen) atoms. The van der Waals surface area contributed by atoms with Crippen LogP contribution in [0.5, 0.6) is 5.75 Å². The summed E-state index contributed by atoms with van der Waals surface area (Å²) in [4.78, 5) is 28.8. The van der Waals surface area contributed by atoms with Gasteiger partial charge in [0.25, 0.3) is 10.0 Å². The number of sulfonamides is 1. The van der Waals surface area contributed by atoms with E-state index in [4.69, 9.17) is 16.3 Å². The van der Waals surface area contributed by atoms with Gasteiger partial charge in [0.05, 0.1) is 17.7 Å². The number of halogens is 1. The van der Waals surface area contributed by atoms with Gasteiger partial charge in [-0.3, -0.25) is 13.9 Å². The van der Waals surface area contributed by atoms with E-state index in [1.165, 1.54) is 24.1 Å². The highest BCUT2D eigenvalue weighted by molar-refractivity contribution is 7.92. The van der Waals surface area contributed by atoms with E-state index in [0.29, 0.717) is 28.4 Å². The predicted octanol–water partition coefficient (Wildman–Crippen LogP) is 5.27. The van der Waals surface area contributed by atoms with E-state index in [2.05, 4.69) is 5.32 Å². The third kappa shape index (κ3) is 7.55. The van der Waals surface area contributed by atoms with Crippen molar-refractivity contribution in [3.8, 4) is 5.75 Å². The van der Waals surface area contributed by atoms with Crippen LogP contribution in [-0.4, -0.2) is 50.9 Å². The summed E-state index contributed by atoms with van der Waals surface area (Å²) in [7, 11) is -2.67. The van der Waals surface area contributed by atoms with Crippen molar-refractivity contribution in [1.29, 1.82) is 0 Å². The maximum Gasteiger partial charge on any atom is 0.264 e. The molecule has 0 heterocycles. The molecule has 3 rings (SSSR count). The summed E-state index contributed by atoms with van der Waals surface area (Å²) in [6.45, 7) is 5.19. The van der Waals surface area contributed by atoms with E-state index in [0.717, 1.165) is 10.7 Å². The monoisotopic (exact) mass is 585 g/mol. The lowest BCUT2D eigenvalue weighted by atomic mass is 10.1. The van der Waals surface area contributed by atoms with Gasteiger partial charge in [0.15, 0.2) is 0 Å². The quantitative estimate of drug-likeness (QED) is 0.295. The van der Waals surface area contributed by atoms with Crippen molar-refractivity contribution in [3.63, 3.8) is 0 Å². The number of carbonyl (C=O) groups is 2. The molecule has 0 aliphatic heterocycles. The molecule has 0 saturated heterocycles. The fourth-order valence-electron chi connectivity index (χ4n) is 4.17. The Labute approximate surface area is 241 Å². The maximum absolute atomic E-state index is 14.1. The largest absolute Gasteiger partial charge is 0.497 e. The van der Waals surface area contributed by atoms with Crippen LogP contribution in [0.4, 0.5) is 5.69 Å². The zero-order valence-electron chi connectivity index (χ0n) is 23.2. The van der Waals surface area contributed by atoms with Crippen molar-refractivity contribution in [1.82, 2.24) is 10.2 Å². The molecule has 2 atom stereocenters. The maximum atomic E-state index is 14.1. The van der Waals surface area contributed by atoms with Gasteiger partial charge in [0.1, 0.15) is 18.3 Å². The highest BCUT2D eigenvalue weighted by Crippen LogP contribution is 2.26.